The van der Waals surface area contributed by atoms with Crippen LogP contribution in [0.15, 0.2) is 27.5 Å². The average Bonchev–Trinajstić information content (AvgIpc) is 3.07. The summed E-state index contributed by atoms with van der Waals surface area (Å²) in [6.07, 6.45) is 3.56. The third-order valence-corrected chi connectivity index (χ3v) is 6.27. The molecule has 0 saturated carbocycles. The minimum absolute atomic E-state index is 0.109. The maximum absolute atomic E-state index is 12.8. The van der Waals surface area contributed by atoms with Gasteiger partial charge in [-0.3, -0.25) is 9.59 Å². The van der Waals surface area contributed by atoms with Gasteiger partial charge in [0.2, 0.25) is 5.91 Å². The molecular formula is C18H23N3O2S2. The maximum atomic E-state index is 12.8. The van der Waals surface area contributed by atoms with Gasteiger partial charge < -0.3 is 9.88 Å². The molecule has 2 aromatic rings. The van der Waals surface area contributed by atoms with Gasteiger partial charge in [0.15, 0.2) is 5.16 Å². The number of rotatable bonds is 6. The summed E-state index contributed by atoms with van der Waals surface area (Å²) in [7, 11) is 0. The molecule has 3 rings (SSSR count). The normalized spacial score (nSPS) is 16.7. The molecule has 0 bridgehead atoms. The van der Waals surface area contributed by atoms with Crippen molar-refractivity contribution in [3.05, 3.63) is 44.0 Å². The Morgan fingerprint density at radius 2 is 2.32 bits per heavy atom. The zero-order valence-electron chi connectivity index (χ0n) is 14.6. The lowest BCUT2D eigenvalue weighted by molar-refractivity contribution is -0.131. The van der Waals surface area contributed by atoms with Gasteiger partial charge in [-0.2, -0.15) is 0 Å². The third-order valence-electron chi connectivity index (χ3n) is 4.41. The van der Waals surface area contributed by atoms with Gasteiger partial charge in [0.1, 0.15) is 0 Å². The van der Waals surface area contributed by atoms with E-state index >= 15 is 0 Å². The van der Waals surface area contributed by atoms with Gasteiger partial charge in [0.25, 0.3) is 5.56 Å². The zero-order chi connectivity index (χ0) is 17.8. The quantitative estimate of drug-likeness (QED) is 0.619. The molecule has 134 valence electrons. The summed E-state index contributed by atoms with van der Waals surface area (Å²) in [5, 5.41) is 2.65. The minimum Gasteiger partial charge on any atom is -0.335 e. The Morgan fingerprint density at radius 1 is 1.48 bits per heavy atom. The Hall–Kier alpha value is -1.60. The van der Waals surface area contributed by atoms with Crippen LogP contribution in [0.1, 0.15) is 48.9 Å². The molecule has 3 heterocycles. The van der Waals surface area contributed by atoms with E-state index < -0.39 is 0 Å². The van der Waals surface area contributed by atoms with E-state index in [2.05, 4.69) is 35.3 Å². The second kappa shape index (κ2) is 8.19. The molecule has 1 amide bonds. The van der Waals surface area contributed by atoms with Crippen LogP contribution in [0.4, 0.5) is 0 Å². The van der Waals surface area contributed by atoms with Gasteiger partial charge in [0, 0.05) is 23.2 Å². The lowest BCUT2D eigenvalue weighted by Gasteiger charge is -2.35. The van der Waals surface area contributed by atoms with Gasteiger partial charge in [-0.15, -0.1) is 11.3 Å². The van der Waals surface area contributed by atoms with E-state index in [1.807, 2.05) is 4.90 Å². The lowest BCUT2D eigenvalue weighted by Crippen LogP contribution is -2.40. The van der Waals surface area contributed by atoms with Crippen molar-refractivity contribution in [1.29, 1.82) is 0 Å². The molecule has 1 unspecified atom stereocenters. The van der Waals surface area contributed by atoms with Crippen molar-refractivity contribution in [2.45, 2.75) is 50.7 Å². The van der Waals surface area contributed by atoms with E-state index in [0.717, 1.165) is 37.9 Å². The highest BCUT2D eigenvalue weighted by atomic mass is 32.2. The number of aromatic nitrogens is 2. The average molecular weight is 378 g/mol. The van der Waals surface area contributed by atoms with Crippen LogP contribution in [0.5, 0.6) is 0 Å². The molecule has 0 aliphatic carbocycles. The monoisotopic (exact) mass is 377 g/mol. The molecule has 5 nitrogen and oxygen atoms in total. The van der Waals surface area contributed by atoms with E-state index in [4.69, 9.17) is 0 Å². The summed E-state index contributed by atoms with van der Waals surface area (Å²) in [6, 6.07) is 3.85. The van der Waals surface area contributed by atoms with Gasteiger partial charge in [-0.1, -0.05) is 32.0 Å². The molecule has 1 N–H and O–H groups in total. The second-order valence-electron chi connectivity index (χ2n) is 6.14. The fourth-order valence-electron chi connectivity index (χ4n) is 3.28. The molecule has 0 fully saturated rings. The van der Waals surface area contributed by atoms with E-state index in [-0.39, 0.29) is 17.5 Å². The summed E-state index contributed by atoms with van der Waals surface area (Å²) in [6.45, 7) is 4.95. The molecule has 1 aliphatic heterocycles. The number of nitrogens with zero attached hydrogens (tertiary/aromatic N) is 2. The Kier molecular flexibility index (Phi) is 5.96. The molecule has 0 saturated heterocycles. The number of aromatic amines is 1. The first kappa shape index (κ1) is 18.2. The number of carbonyl (C=O) groups is 1. The summed E-state index contributed by atoms with van der Waals surface area (Å²) >= 11 is 3.10. The number of hydrogen-bond donors (Lipinski definition) is 1. The van der Waals surface area contributed by atoms with Crippen molar-refractivity contribution in [3.63, 3.8) is 0 Å². The van der Waals surface area contributed by atoms with Crippen molar-refractivity contribution < 1.29 is 4.79 Å². The highest BCUT2D eigenvalue weighted by Crippen LogP contribution is 2.35. The Labute approximate surface area is 155 Å². The number of carbonyl (C=O) groups excluding carboxylic acids is 1. The molecule has 25 heavy (non-hydrogen) atoms. The number of hydrogen-bond acceptors (Lipinski definition) is 5. The molecule has 7 heteroatoms. The van der Waals surface area contributed by atoms with Crippen molar-refractivity contribution in [3.8, 4) is 0 Å². The number of aryl methyl sites for hydroxylation is 1. The minimum atomic E-state index is -0.152. The highest BCUT2D eigenvalue weighted by molar-refractivity contribution is 7.99. The third kappa shape index (κ3) is 4.15. The molecule has 1 atom stereocenters. The SMILES string of the molecule is CCCc1cc(=O)[nH]c(SCC(=O)N2CCc3sccc3C2CC)n1. The topological polar surface area (TPSA) is 66.1 Å². The first-order valence-corrected chi connectivity index (χ1v) is 10.6. The van der Waals surface area contributed by atoms with Gasteiger partial charge >= 0.3 is 0 Å². The summed E-state index contributed by atoms with van der Waals surface area (Å²) in [5.74, 6) is 0.409. The standard InChI is InChI=1S/C18H23N3O2S2/c1-3-5-12-10-16(22)20-18(19-12)25-11-17(23)21-8-6-15-13(7-9-24-15)14(21)4-2/h7,9-10,14H,3-6,8,11H2,1-2H3,(H,19,20,22). The number of nitrogens with one attached hydrogen (secondary N) is 1. The van der Waals surface area contributed by atoms with Crippen LogP contribution in [0.3, 0.4) is 0 Å². The van der Waals surface area contributed by atoms with Crippen LogP contribution in [0, 0.1) is 0 Å². The van der Waals surface area contributed by atoms with Crippen molar-refractivity contribution in [1.82, 2.24) is 14.9 Å². The van der Waals surface area contributed by atoms with E-state index in [1.54, 1.807) is 11.3 Å². The van der Waals surface area contributed by atoms with Crippen LogP contribution >= 0.6 is 23.1 Å². The largest absolute Gasteiger partial charge is 0.335 e. The summed E-state index contributed by atoms with van der Waals surface area (Å²) < 4.78 is 0. The molecule has 1 aliphatic rings. The maximum Gasteiger partial charge on any atom is 0.251 e. The smallest absolute Gasteiger partial charge is 0.251 e. The Morgan fingerprint density at radius 3 is 3.08 bits per heavy atom. The van der Waals surface area contributed by atoms with Crippen LogP contribution in [0.2, 0.25) is 0 Å². The number of thiophene rings is 1. The summed E-state index contributed by atoms with van der Waals surface area (Å²) in [4.78, 5) is 35.1. The molecule has 0 spiro atoms. The van der Waals surface area contributed by atoms with Crippen molar-refractivity contribution >= 4 is 29.0 Å². The first-order valence-electron chi connectivity index (χ1n) is 8.71. The predicted octanol–water partition coefficient (Wildman–Crippen LogP) is 3.41. The predicted molar refractivity (Wildman–Crippen MR) is 102 cm³/mol. The van der Waals surface area contributed by atoms with Gasteiger partial charge in [-0.05, 0) is 36.3 Å². The summed E-state index contributed by atoms with van der Waals surface area (Å²) in [5.41, 5.74) is 1.93. The van der Waals surface area contributed by atoms with E-state index in [1.165, 1.54) is 28.3 Å². The molecule has 2 aromatic heterocycles. The van der Waals surface area contributed by atoms with Crippen LogP contribution in [-0.2, 0) is 17.6 Å². The van der Waals surface area contributed by atoms with Gasteiger partial charge in [-0.25, -0.2) is 4.98 Å². The lowest BCUT2D eigenvalue weighted by atomic mass is 9.98. The van der Waals surface area contributed by atoms with Crippen LogP contribution in [0.25, 0.3) is 0 Å². The van der Waals surface area contributed by atoms with Crippen LogP contribution < -0.4 is 5.56 Å². The molecule has 0 radical (unpaired) electrons. The molecular weight excluding hydrogens is 354 g/mol. The number of thioether (sulfide) groups is 1. The fraction of sp³-hybridized carbons (Fsp3) is 0.500. The Balaban J connectivity index is 1.68. The van der Waals surface area contributed by atoms with Crippen molar-refractivity contribution in [2.75, 3.05) is 12.3 Å². The Bertz CT molecular complexity index is 800. The van der Waals surface area contributed by atoms with E-state index in [0.29, 0.717) is 10.9 Å². The second-order valence-corrected chi connectivity index (χ2v) is 8.11. The van der Waals surface area contributed by atoms with E-state index in [9.17, 15) is 9.59 Å². The zero-order valence-corrected chi connectivity index (χ0v) is 16.2. The number of amides is 1. The van der Waals surface area contributed by atoms with Gasteiger partial charge in [0.05, 0.1) is 11.8 Å². The number of H-pyrrole nitrogens is 1. The number of fused-ring (bicyclic) bond motifs is 1. The highest BCUT2D eigenvalue weighted by Gasteiger charge is 2.30. The fourth-order valence-corrected chi connectivity index (χ4v) is 4.99. The first-order chi connectivity index (χ1) is 12.1. The van der Waals surface area contributed by atoms with Crippen molar-refractivity contribution in [2.24, 2.45) is 0 Å². The van der Waals surface area contributed by atoms with Crippen LogP contribution in [-0.4, -0.2) is 33.1 Å². The molecule has 0 aromatic carbocycles.